The number of hydrogen-bond acceptors (Lipinski definition) is 4. The van der Waals surface area contributed by atoms with Crippen molar-refractivity contribution < 1.29 is 4.74 Å². The molecular formula is C19H23Cl4N3O. The molecule has 0 aliphatic heterocycles. The molecule has 2 aromatic carbocycles. The number of aromatic nitrogens is 1. The van der Waals surface area contributed by atoms with Gasteiger partial charge in [-0.25, -0.2) is 4.98 Å². The molecule has 0 saturated carbocycles. The van der Waals surface area contributed by atoms with Crippen LogP contribution < -0.4 is 15.4 Å². The van der Waals surface area contributed by atoms with E-state index in [0.29, 0.717) is 11.6 Å². The van der Waals surface area contributed by atoms with E-state index in [1.807, 2.05) is 36.4 Å². The predicted octanol–water partition coefficient (Wildman–Crippen LogP) is 5.52. The van der Waals surface area contributed by atoms with Gasteiger partial charge in [-0.05, 0) is 42.9 Å². The molecule has 4 nitrogen and oxygen atoms in total. The summed E-state index contributed by atoms with van der Waals surface area (Å²) in [4.78, 5) is 4.73. The Bertz CT molecular complexity index is 892. The Hall–Kier alpha value is -1.17. The topological polar surface area (TPSA) is 46.2 Å². The van der Waals surface area contributed by atoms with Crippen LogP contribution in [0.3, 0.4) is 0 Å². The zero-order valence-corrected chi connectivity index (χ0v) is 18.2. The lowest BCUT2D eigenvalue weighted by molar-refractivity contribution is 0.415. The minimum Gasteiger partial charge on any atom is -0.497 e. The van der Waals surface area contributed by atoms with Gasteiger partial charge < -0.3 is 15.4 Å². The minimum absolute atomic E-state index is 0. The van der Waals surface area contributed by atoms with E-state index in [9.17, 15) is 0 Å². The summed E-state index contributed by atoms with van der Waals surface area (Å²) in [5, 5.41) is 9.43. The van der Waals surface area contributed by atoms with Crippen LogP contribution >= 0.6 is 48.0 Å². The third-order valence-corrected chi connectivity index (χ3v) is 4.60. The summed E-state index contributed by atoms with van der Waals surface area (Å²) in [6.45, 7) is 4.36. The van der Waals surface area contributed by atoms with Crippen LogP contribution in [0, 0.1) is 0 Å². The van der Waals surface area contributed by atoms with Gasteiger partial charge in [0, 0.05) is 28.9 Å². The van der Waals surface area contributed by atoms with Crippen LogP contribution in [0.4, 0.5) is 5.69 Å². The third-order valence-electron chi connectivity index (χ3n) is 4.06. The maximum Gasteiger partial charge on any atom is 0.119 e. The Morgan fingerprint density at radius 3 is 2.52 bits per heavy atom. The molecule has 1 unspecified atom stereocenters. The van der Waals surface area contributed by atoms with Crippen molar-refractivity contribution in [3.8, 4) is 5.75 Å². The SMILES string of the molecule is CCNCC(Cl)CNc1c2ccc(Cl)cc2nc2ccc(OC)cc12.Cl.Cl. The summed E-state index contributed by atoms with van der Waals surface area (Å²) in [5.41, 5.74) is 2.74. The van der Waals surface area contributed by atoms with Crippen molar-refractivity contribution >= 4 is 75.5 Å². The van der Waals surface area contributed by atoms with Crippen LogP contribution in [0.2, 0.25) is 5.02 Å². The quantitative estimate of drug-likeness (QED) is 0.367. The van der Waals surface area contributed by atoms with Crippen molar-refractivity contribution in [3.05, 3.63) is 41.4 Å². The summed E-state index contributed by atoms with van der Waals surface area (Å²) in [6.07, 6.45) is 0. The van der Waals surface area contributed by atoms with Gasteiger partial charge in [-0.2, -0.15) is 0 Å². The number of halogens is 4. The van der Waals surface area contributed by atoms with Crippen molar-refractivity contribution in [1.29, 1.82) is 0 Å². The fourth-order valence-electron chi connectivity index (χ4n) is 2.80. The highest BCUT2D eigenvalue weighted by Crippen LogP contribution is 2.34. The molecule has 0 fully saturated rings. The van der Waals surface area contributed by atoms with Gasteiger partial charge in [0.05, 0.1) is 29.2 Å². The smallest absolute Gasteiger partial charge is 0.119 e. The summed E-state index contributed by atoms with van der Waals surface area (Å²) in [5.74, 6) is 0.792. The van der Waals surface area contributed by atoms with Crippen LogP contribution in [0.15, 0.2) is 36.4 Å². The summed E-state index contributed by atoms with van der Waals surface area (Å²) < 4.78 is 5.37. The number of alkyl halides is 1. The first kappa shape index (κ1) is 23.9. The number of hydrogen-bond donors (Lipinski definition) is 2. The number of nitrogens with one attached hydrogen (secondary N) is 2. The van der Waals surface area contributed by atoms with Crippen molar-refractivity contribution in [2.75, 3.05) is 32.1 Å². The highest BCUT2D eigenvalue weighted by Gasteiger charge is 2.12. The summed E-state index contributed by atoms with van der Waals surface area (Å²) in [7, 11) is 1.66. The maximum absolute atomic E-state index is 6.41. The zero-order chi connectivity index (χ0) is 17.8. The van der Waals surface area contributed by atoms with E-state index in [1.54, 1.807) is 7.11 Å². The second kappa shape index (κ2) is 11.0. The number of benzene rings is 2. The van der Waals surface area contributed by atoms with Crippen LogP contribution in [0.25, 0.3) is 21.8 Å². The number of rotatable bonds is 7. The molecule has 0 saturated heterocycles. The Labute approximate surface area is 181 Å². The number of pyridine rings is 1. The van der Waals surface area contributed by atoms with Gasteiger partial charge in [0.2, 0.25) is 0 Å². The van der Waals surface area contributed by atoms with Crippen LogP contribution in [-0.4, -0.2) is 37.1 Å². The average Bonchev–Trinajstić information content (AvgIpc) is 2.62. The van der Waals surface area contributed by atoms with E-state index < -0.39 is 0 Å². The molecule has 27 heavy (non-hydrogen) atoms. The second-order valence-corrected chi connectivity index (χ2v) is 6.87. The molecule has 0 aliphatic rings. The molecule has 8 heteroatoms. The molecule has 0 amide bonds. The first-order valence-corrected chi connectivity index (χ1v) is 9.09. The zero-order valence-electron chi connectivity index (χ0n) is 15.1. The van der Waals surface area contributed by atoms with Gasteiger partial charge in [-0.1, -0.05) is 18.5 Å². The lowest BCUT2D eigenvalue weighted by atomic mass is 10.1. The van der Waals surface area contributed by atoms with Gasteiger partial charge in [0.15, 0.2) is 0 Å². The second-order valence-electron chi connectivity index (χ2n) is 5.82. The van der Waals surface area contributed by atoms with E-state index >= 15 is 0 Å². The molecule has 0 aliphatic carbocycles. The average molecular weight is 451 g/mol. The first-order valence-electron chi connectivity index (χ1n) is 8.28. The Kier molecular flexibility index (Phi) is 9.71. The van der Waals surface area contributed by atoms with Crippen LogP contribution in [0.1, 0.15) is 6.92 Å². The van der Waals surface area contributed by atoms with Gasteiger partial charge in [0.25, 0.3) is 0 Å². The van der Waals surface area contributed by atoms with Crippen molar-refractivity contribution in [1.82, 2.24) is 10.3 Å². The van der Waals surface area contributed by atoms with Crippen molar-refractivity contribution in [3.63, 3.8) is 0 Å². The van der Waals surface area contributed by atoms with E-state index in [1.165, 1.54) is 0 Å². The largest absolute Gasteiger partial charge is 0.497 e. The number of anilines is 1. The number of nitrogens with zero attached hydrogens (tertiary/aromatic N) is 1. The first-order chi connectivity index (χ1) is 12.1. The minimum atomic E-state index is -0.0175. The maximum atomic E-state index is 6.41. The summed E-state index contributed by atoms with van der Waals surface area (Å²) >= 11 is 12.6. The molecule has 1 aromatic heterocycles. The lowest BCUT2D eigenvalue weighted by Gasteiger charge is -2.16. The summed E-state index contributed by atoms with van der Waals surface area (Å²) in [6, 6.07) is 11.6. The molecule has 1 heterocycles. The Morgan fingerprint density at radius 1 is 1.04 bits per heavy atom. The molecule has 148 valence electrons. The van der Waals surface area contributed by atoms with E-state index in [0.717, 1.165) is 46.3 Å². The molecule has 3 aromatic rings. The number of methoxy groups -OCH3 is 1. The van der Waals surface area contributed by atoms with Crippen molar-refractivity contribution in [2.45, 2.75) is 12.3 Å². The molecule has 0 bridgehead atoms. The van der Waals surface area contributed by atoms with Gasteiger partial charge in [0.1, 0.15) is 5.75 Å². The standard InChI is InChI=1S/C19H21Cl2N3O.2ClH/c1-3-22-10-13(21)11-23-19-15-6-4-12(20)8-18(15)24-17-7-5-14(25-2)9-16(17)19;;/h4-9,13,22H,3,10-11H2,1-2H3,(H,23,24);2*1H. The van der Waals surface area contributed by atoms with Gasteiger partial charge in [-0.15, -0.1) is 36.4 Å². The van der Waals surface area contributed by atoms with Crippen molar-refractivity contribution in [2.24, 2.45) is 0 Å². The highest BCUT2D eigenvalue weighted by molar-refractivity contribution is 6.31. The Balaban J connectivity index is 0.00000182. The van der Waals surface area contributed by atoms with Gasteiger partial charge >= 0.3 is 0 Å². The highest BCUT2D eigenvalue weighted by atomic mass is 35.5. The molecule has 2 N–H and O–H groups in total. The van der Waals surface area contributed by atoms with E-state index in [-0.39, 0.29) is 30.2 Å². The van der Waals surface area contributed by atoms with Crippen LogP contribution in [-0.2, 0) is 0 Å². The monoisotopic (exact) mass is 449 g/mol. The van der Waals surface area contributed by atoms with Gasteiger partial charge in [-0.3, -0.25) is 0 Å². The number of ether oxygens (including phenoxy) is 1. The molecule has 0 radical (unpaired) electrons. The van der Waals surface area contributed by atoms with E-state index in [2.05, 4.69) is 17.6 Å². The Morgan fingerprint density at radius 2 is 1.81 bits per heavy atom. The fourth-order valence-corrected chi connectivity index (χ4v) is 3.15. The normalized spacial score (nSPS) is 11.6. The van der Waals surface area contributed by atoms with E-state index in [4.69, 9.17) is 32.9 Å². The lowest BCUT2D eigenvalue weighted by Crippen LogP contribution is -2.28. The molecule has 3 rings (SSSR count). The third kappa shape index (κ3) is 5.66. The number of fused-ring (bicyclic) bond motifs is 2. The molecule has 1 atom stereocenters. The van der Waals surface area contributed by atoms with Crippen LogP contribution in [0.5, 0.6) is 5.75 Å². The molecule has 0 spiro atoms. The molecular weight excluding hydrogens is 428 g/mol. The predicted molar refractivity (Wildman–Crippen MR) is 122 cm³/mol. The fraction of sp³-hybridized carbons (Fsp3) is 0.316.